The van der Waals surface area contributed by atoms with Crippen LogP contribution in [0.25, 0.3) is 10.9 Å². The van der Waals surface area contributed by atoms with Crippen LogP contribution in [0.2, 0.25) is 0 Å². The third-order valence-corrected chi connectivity index (χ3v) is 3.80. The second kappa shape index (κ2) is 4.23. The summed E-state index contributed by atoms with van der Waals surface area (Å²) < 4.78 is 7.72. The van der Waals surface area contributed by atoms with Gasteiger partial charge in [-0.3, -0.25) is 4.79 Å². The molecule has 0 saturated heterocycles. The average Bonchev–Trinajstić information content (AvgIpc) is 2.46. The van der Waals surface area contributed by atoms with Gasteiger partial charge in [0.1, 0.15) is 12.4 Å². The van der Waals surface area contributed by atoms with E-state index in [4.69, 9.17) is 4.74 Å². The van der Waals surface area contributed by atoms with Crippen LogP contribution in [0, 0.1) is 0 Å². The number of rotatable bonds is 0. The van der Waals surface area contributed by atoms with Gasteiger partial charge in [0.2, 0.25) is 0 Å². The van der Waals surface area contributed by atoms with Gasteiger partial charge in [0.05, 0.1) is 12.1 Å². The Hall–Kier alpha value is -2.55. The molecule has 20 heavy (non-hydrogen) atoms. The summed E-state index contributed by atoms with van der Waals surface area (Å²) in [6.45, 7) is 1.13. The molecule has 2 heterocycles. The maximum Gasteiger partial charge on any atom is 0.251 e. The monoisotopic (exact) mass is 263 g/mol. The molecule has 0 fully saturated rings. The highest BCUT2D eigenvalue weighted by Crippen LogP contribution is 2.28. The molecule has 1 aliphatic rings. The van der Waals surface area contributed by atoms with Crippen molar-refractivity contribution in [3.63, 3.8) is 0 Å². The van der Waals surface area contributed by atoms with Gasteiger partial charge in [-0.2, -0.15) is 0 Å². The molecular weight excluding hydrogens is 250 g/mol. The van der Waals surface area contributed by atoms with E-state index in [1.807, 2.05) is 36.4 Å². The van der Waals surface area contributed by atoms with E-state index in [2.05, 4.69) is 12.1 Å². The summed E-state index contributed by atoms with van der Waals surface area (Å²) in [6, 6.07) is 17.5. The summed E-state index contributed by atoms with van der Waals surface area (Å²) in [5, 5.41) is 1.03. The lowest BCUT2D eigenvalue weighted by Crippen LogP contribution is -2.22. The first kappa shape index (κ1) is 11.3. The highest BCUT2D eigenvalue weighted by Gasteiger charge is 2.14. The molecule has 0 aliphatic carbocycles. The van der Waals surface area contributed by atoms with Crippen LogP contribution in [-0.4, -0.2) is 4.57 Å². The standard InChI is InChI=1S/C17H13NO2/c19-16-9-8-12-6-3-7-15-17(12)18(16)10-13-4-1-2-5-14(13)11-20-15/h1-9H,10-11H2. The lowest BCUT2D eigenvalue weighted by atomic mass is 10.1. The highest BCUT2D eigenvalue weighted by molar-refractivity contribution is 5.85. The largest absolute Gasteiger partial charge is 0.487 e. The number of benzene rings is 2. The minimum absolute atomic E-state index is 0.00486. The summed E-state index contributed by atoms with van der Waals surface area (Å²) in [6.07, 6.45) is 0. The van der Waals surface area contributed by atoms with E-state index in [9.17, 15) is 4.79 Å². The van der Waals surface area contributed by atoms with Crippen molar-refractivity contribution in [1.82, 2.24) is 4.57 Å². The molecule has 0 saturated carbocycles. The van der Waals surface area contributed by atoms with Gasteiger partial charge >= 0.3 is 0 Å². The van der Waals surface area contributed by atoms with Crippen LogP contribution in [0.1, 0.15) is 11.1 Å². The van der Waals surface area contributed by atoms with E-state index >= 15 is 0 Å². The Morgan fingerprint density at radius 1 is 0.900 bits per heavy atom. The number of pyridine rings is 1. The summed E-state index contributed by atoms with van der Waals surface area (Å²) in [5.41, 5.74) is 3.15. The van der Waals surface area contributed by atoms with Crippen molar-refractivity contribution in [3.8, 4) is 5.75 Å². The van der Waals surface area contributed by atoms with Gasteiger partial charge in [-0.25, -0.2) is 0 Å². The number of ether oxygens (including phenoxy) is 1. The Morgan fingerprint density at radius 3 is 2.65 bits per heavy atom. The molecule has 1 aromatic heterocycles. The third-order valence-electron chi connectivity index (χ3n) is 3.80. The van der Waals surface area contributed by atoms with E-state index in [0.29, 0.717) is 13.2 Å². The van der Waals surface area contributed by atoms with Crippen molar-refractivity contribution in [2.75, 3.05) is 0 Å². The van der Waals surface area contributed by atoms with Crippen LogP contribution >= 0.6 is 0 Å². The second-order valence-corrected chi connectivity index (χ2v) is 5.01. The van der Waals surface area contributed by atoms with Gasteiger partial charge in [0, 0.05) is 11.5 Å². The fraction of sp³-hybridized carbons (Fsp3) is 0.118. The van der Waals surface area contributed by atoms with Crippen LogP contribution in [0.3, 0.4) is 0 Å². The smallest absolute Gasteiger partial charge is 0.251 e. The molecule has 0 radical (unpaired) electrons. The van der Waals surface area contributed by atoms with E-state index in [-0.39, 0.29) is 5.56 Å². The van der Waals surface area contributed by atoms with Crippen molar-refractivity contribution in [2.45, 2.75) is 13.2 Å². The van der Waals surface area contributed by atoms with E-state index in [1.54, 1.807) is 10.6 Å². The quantitative estimate of drug-likeness (QED) is 0.624. The first-order valence-corrected chi connectivity index (χ1v) is 6.65. The molecule has 0 N–H and O–H groups in total. The van der Waals surface area contributed by atoms with Crippen LogP contribution in [0.5, 0.6) is 5.75 Å². The van der Waals surface area contributed by atoms with Crippen molar-refractivity contribution >= 4 is 10.9 Å². The molecule has 0 spiro atoms. The van der Waals surface area contributed by atoms with E-state index < -0.39 is 0 Å². The highest BCUT2D eigenvalue weighted by atomic mass is 16.5. The first-order chi connectivity index (χ1) is 9.83. The fourth-order valence-electron chi connectivity index (χ4n) is 2.78. The molecule has 98 valence electrons. The predicted molar refractivity (Wildman–Crippen MR) is 78.1 cm³/mol. The van der Waals surface area contributed by atoms with Gasteiger partial charge in [0.15, 0.2) is 0 Å². The maximum atomic E-state index is 12.2. The number of aromatic nitrogens is 1. The summed E-state index contributed by atoms with van der Waals surface area (Å²) in [4.78, 5) is 12.2. The molecule has 3 nitrogen and oxygen atoms in total. The molecule has 3 aromatic rings. The van der Waals surface area contributed by atoms with Gasteiger partial charge in [-0.1, -0.05) is 36.4 Å². The van der Waals surface area contributed by atoms with E-state index in [1.165, 1.54) is 0 Å². The van der Waals surface area contributed by atoms with Gasteiger partial charge < -0.3 is 9.30 Å². The molecule has 0 atom stereocenters. The average molecular weight is 263 g/mol. The molecule has 1 aliphatic heterocycles. The molecule has 0 amide bonds. The minimum Gasteiger partial charge on any atom is -0.487 e. The Kier molecular flexibility index (Phi) is 2.39. The van der Waals surface area contributed by atoms with Gasteiger partial charge in [0.25, 0.3) is 5.56 Å². The lowest BCUT2D eigenvalue weighted by molar-refractivity contribution is 0.304. The summed E-state index contributed by atoms with van der Waals surface area (Å²) in [5.74, 6) is 0.773. The normalized spacial score (nSPS) is 13.2. The van der Waals surface area contributed by atoms with Crippen molar-refractivity contribution in [1.29, 1.82) is 0 Å². The Labute approximate surface area is 116 Å². The maximum absolute atomic E-state index is 12.2. The first-order valence-electron chi connectivity index (χ1n) is 6.65. The number of nitrogens with zero attached hydrogens (tertiary/aromatic N) is 1. The van der Waals surface area contributed by atoms with Crippen molar-refractivity contribution < 1.29 is 4.74 Å². The Balaban J connectivity index is 2.07. The molecule has 0 unspecified atom stereocenters. The zero-order chi connectivity index (χ0) is 13.5. The van der Waals surface area contributed by atoms with Crippen molar-refractivity contribution in [3.05, 3.63) is 76.1 Å². The van der Waals surface area contributed by atoms with Gasteiger partial charge in [-0.05, 0) is 23.3 Å². The molecule has 0 bridgehead atoms. The molecule has 4 rings (SSSR count). The zero-order valence-corrected chi connectivity index (χ0v) is 10.9. The topological polar surface area (TPSA) is 31.2 Å². The molecular formula is C17H13NO2. The van der Waals surface area contributed by atoms with Crippen molar-refractivity contribution in [2.24, 2.45) is 0 Å². The Morgan fingerprint density at radius 2 is 1.75 bits per heavy atom. The third kappa shape index (κ3) is 1.63. The summed E-state index contributed by atoms with van der Waals surface area (Å²) >= 11 is 0. The number of hydrogen-bond donors (Lipinski definition) is 0. The van der Waals surface area contributed by atoms with Crippen LogP contribution < -0.4 is 10.3 Å². The predicted octanol–water partition coefficient (Wildman–Crippen LogP) is 2.94. The molecule has 2 aromatic carbocycles. The van der Waals surface area contributed by atoms with E-state index in [0.717, 1.165) is 27.8 Å². The zero-order valence-electron chi connectivity index (χ0n) is 10.9. The SMILES string of the molecule is O=c1ccc2cccc3c2n1Cc1ccccc1CO3. The van der Waals surface area contributed by atoms with Crippen LogP contribution in [0.15, 0.2) is 59.4 Å². The minimum atomic E-state index is 0.00486. The van der Waals surface area contributed by atoms with Crippen LogP contribution in [0.4, 0.5) is 0 Å². The molecule has 3 heteroatoms. The fourth-order valence-corrected chi connectivity index (χ4v) is 2.78. The lowest BCUT2D eigenvalue weighted by Gasteiger charge is -2.20. The van der Waals surface area contributed by atoms with Crippen LogP contribution in [-0.2, 0) is 13.2 Å². The number of hydrogen-bond acceptors (Lipinski definition) is 2. The second-order valence-electron chi connectivity index (χ2n) is 5.01. The Bertz CT molecular complexity index is 864. The number of para-hydroxylation sites is 1. The summed E-state index contributed by atoms with van der Waals surface area (Å²) in [7, 11) is 0. The van der Waals surface area contributed by atoms with Gasteiger partial charge in [-0.15, -0.1) is 0 Å². The number of fused-ring (bicyclic) bond motifs is 1.